The van der Waals surface area contributed by atoms with E-state index in [9.17, 15) is 24.5 Å². The highest BCUT2D eigenvalue weighted by atomic mass is 16.6. The van der Waals surface area contributed by atoms with Gasteiger partial charge in [0.25, 0.3) is 17.5 Å². The van der Waals surface area contributed by atoms with E-state index in [-0.39, 0.29) is 35.1 Å². The van der Waals surface area contributed by atoms with Crippen LogP contribution >= 0.6 is 0 Å². The highest BCUT2D eigenvalue weighted by molar-refractivity contribution is 6.22. The highest BCUT2D eigenvalue weighted by Crippen LogP contribution is 2.27. The third-order valence-corrected chi connectivity index (χ3v) is 3.64. The molecule has 1 unspecified atom stereocenters. The lowest BCUT2D eigenvalue weighted by Gasteiger charge is -2.15. The number of rotatable bonds is 5. The van der Waals surface area contributed by atoms with E-state index in [0.717, 1.165) is 11.0 Å². The molecule has 0 saturated carbocycles. The van der Waals surface area contributed by atoms with E-state index in [1.54, 1.807) is 6.92 Å². The van der Waals surface area contributed by atoms with Crippen LogP contribution in [0.25, 0.3) is 0 Å². The summed E-state index contributed by atoms with van der Waals surface area (Å²) in [6.07, 6.45) is 0.619. The zero-order valence-corrected chi connectivity index (χ0v) is 11.7. The fourth-order valence-corrected chi connectivity index (χ4v) is 2.08. The Kier molecular flexibility index (Phi) is 3.84. The average molecular weight is 290 g/mol. The van der Waals surface area contributed by atoms with E-state index >= 15 is 0 Å². The summed E-state index contributed by atoms with van der Waals surface area (Å²) in [6.45, 7) is 3.27. The second kappa shape index (κ2) is 5.43. The SMILES string of the molecule is CCC(C)C(=O)CN1C(=O)c2ccc([N+](=O)[O-])cc2C1=O. The van der Waals surface area contributed by atoms with Gasteiger partial charge in [0.1, 0.15) is 0 Å². The van der Waals surface area contributed by atoms with Crippen LogP contribution in [0.3, 0.4) is 0 Å². The first kappa shape index (κ1) is 14.8. The van der Waals surface area contributed by atoms with Gasteiger partial charge in [-0.05, 0) is 12.5 Å². The van der Waals surface area contributed by atoms with Gasteiger partial charge in [0.15, 0.2) is 5.78 Å². The summed E-state index contributed by atoms with van der Waals surface area (Å²) in [5.74, 6) is -1.69. The molecule has 21 heavy (non-hydrogen) atoms. The number of carbonyl (C=O) groups is 3. The number of nitro groups is 1. The monoisotopic (exact) mass is 290 g/mol. The summed E-state index contributed by atoms with van der Waals surface area (Å²) in [5.41, 5.74) is -0.182. The van der Waals surface area contributed by atoms with E-state index in [1.165, 1.54) is 12.1 Å². The molecule has 0 aliphatic carbocycles. The van der Waals surface area contributed by atoms with Gasteiger partial charge in [0, 0.05) is 18.1 Å². The van der Waals surface area contributed by atoms with E-state index < -0.39 is 16.7 Å². The molecule has 0 spiro atoms. The molecular formula is C14H14N2O5. The van der Waals surface area contributed by atoms with Crippen LogP contribution in [0.4, 0.5) is 5.69 Å². The number of carbonyl (C=O) groups excluding carboxylic acids is 3. The summed E-state index contributed by atoms with van der Waals surface area (Å²) >= 11 is 0. The maximum Gasteiger partial charge on any atom is 0.270 e. The van der Waals surface area contributed by atoms with Crippen molar-refractivity contribution in [2.75, 3.05) is 6.54 Å². The van der Waals surface area contributed by atoms with Crippen LogP contribution in [-0.2, 0) is 4.79 Å². The van der Waals surface area contributed by atoms with E-state index in [4.69, 9.17) is 0 Å². The largest absolute Gasteiger partial charge is 0.297 e. The summed E-state index contributed by atoms with van der Waals surface area (Å²) in [4.78, 5) is 47.1. The van der Waals surface area contributed by atoms with Crippen LogP contribution in [0.5, 0.6) is 0 Å². The molecular weight excluding hydrogens is 276 g/mol. The van der Waals surface area contributed by atoms with Gasteiger partial charge in [-0.25, -0.2) is 0 Å². The van der Waals surface area contributed by atoms with Gasteiger partial charge in [-0.3, -0.25) is 29.4 Å². The maximum absolute atomic E-state index is 12.2. The molecule has 0 saturated heterocycles. The molecule has 0 N–H and O–H groups in total. The number of nitrogens with zero attached hydrogens (tertiary/aromatic N) is 2. The Bertz CT molecular complexity index is 653. The number of Topliss-reactive ketones (excluding diaryl/α,β-unsaturated/α-hetero) is 1. The Hall–Kier alpha value is -2.57. The minimum atomic E-state index is -0.657. The summed E-state index contributed by atoms with van der Waals surface area (Å²) in [5, 5.41) is 10.7. The number of fused-ring (bicyclic) bond motifs is 1. The topological polar surface area (TPSA) is 97.6 Å². The number of ketones is 1. The lowest BCUT2D eigenvalue weighted by Crippen LogP contribution is -2.36. The third kappa shape index (κ3) is 2.54. The lowest BCUT2D eigenvalue weighted by molar-refractivity contribution is -0.384. The molecule has 2 amide bonds. The number of imide groups is 1. The van der Waals surface area contributed by atoms with Gasteiger partial charge in [0.2, 0.25) is 0 Å². The second-order valence-electron chi connectivity index (χ2n) is 4.96. The predicted molar refractivity (Wildman–Crippen MR) is 72.9 cm³/mol. The molecule has 110 valence electrons. The molecule has 0 fully saturated rings. The van der Waals surface area contributed by atoms with Gasteiger partial charge in [-0.1, -0.05) is 13.8 Å². The van der Waals surface area contributed by atoms with Crippen molar-refractivity contribution in [2.45, 2.75) is 20.3 Å². The molecule has 0 aromatic heterocycles. The number of non-ortho nitro benzene ring substituents is 1. The van der Waals surface area contributed by atoms with Crippen molar-refractivity contribution in [1.82, 2.24) is 4.90 Å². The van der Waals surface area contributed by atoms with Crippen LogP contribution in [0.1, 0.15) is 41.0 Å². The minimum absolute atomic E-state index is 0.0221. The molecule has 2 rings (SSSR count). The molecule has 0 radical (unpaired) electrons. The standard InChI is InChI=1S/C14H14N2O5/c1-3-8(2)12(17)7-15-13(18)10-5-4-9(16(20)21)6-11(10)14(15)19/h4-6,8H,3,7H2,1-2H3. The van der Waals surface area contributed by atoms with Crippen LogP contribution in [0.2, 0.25) is 0 Å². The Morgan fingerprint density at radius 1 is 1.29 bits per heavy atom. The molecule has 1 aromatic carbocycles. The maximum atomic E-state index is 12.2. The molecule has 7 heteroatoms. The number of hydrogen-bond acceptors (Lipinski definition) is 5. The zero-order valence-electron chi connectivity index (χ0n) is 11.7. The number of hydrogen-bond donors (Lipinski definition) is 0. The smallest absolute Gasteiger partial charge is 0.270 e. The molecule has 1 aliphatic rings. The Balaban J connectivity index is 2.30. The van der Waals surface area contributed by atoms with Crippen LogP contribution < -0.4 is 0 Å². The number of nitro benzene ring substituents is 1. The van der Waals surface area contributed by atoms with Gasteiger partial charge in [-0.15, -0.1) is 0 Å². The van der Waals surface area contributed by atoms with Gasteiger partial charge < -0.3 is 0 Å². The third-order valence-electron chi connectivity index (χ3n) is 3.64. The van der Waals surface area contributed by atoms with Gasteiger partial charge in [-0.2, -0.15) is 0 Å². The van der Waals surface area contributed by atoms with Crippen molar-refractivity contribution in [3.8, 4) is 0 Å². The molecule has 1 heterocycles. The molecule has 1 aliphatic heterocycles. The summed E-state index contributed by atoms with van der Waals surface area (Å²) in [7, 11) is 0. The van der Waals surface area contributed by atoms with Crippen molar-refractivity contribution >= 4 is 23.3 Å². The van der Waals surface area contributed by atoms with Crippen molar-refractivity contribution < 1.29 is 19.3 Å². The summed E-state index contributed by atoms with van der Waals surface area (Å²) < 4.78 is 0. The second-order valence-corrected chi connectivity index (χ2v) is 4.96. The first-order valence-corrected chi connectivity index (χ1v) is 6.54. The van der Waals surface area contributed by atoms with Crippen LogP contribution in [-0.4, -0.2) is 34.0 Å². The quantitative estimate of drug-likeness (QED) is 0.468. The average Bonchev–Trinajstić information content (AvgIpc) is 2.70. The van der Waals surface area contributed by atoms with Crippen molar-refractivity contribution in [1.29, 1.82) is 0 Å². The minimum Gasteiger partial charge on any atom is -0.297 e. The molecule has 0 bridgehead atoms. The predicted octanol–water partition coefficient (Wildman–Crippen LogP) is 1.81. The number of benzene rings is 1. The van der Waals surface area contributed by atoms with Crippen molar-refractivity contribution in [2.24, 2.45) is 5.92 Å². The first-order valence-electron chi connectivity index (χ1n) is 6.54. The fraction of sp³-hybridized carbons (Fsp3) is 0.357. The normalized spacial score (nSPS) is 15.0. The van der Waals surface area contributed by atoms with Crippen molar-refractivity contribution in [3.05, 3.63) is 39.4 Å². The molecule has 1 aromatic rings. The van der Waals surface area contributed by atoms with E-state index in [0.29, 0.717) is 6.42 Å². The van der Waals surface area contributed by atoms with E-state index in [2.05, 4.69) is 0 Å². The molecule has 1 atom stereocenters. The highest BCUT2D eigenvalue weighted by Gasteiger charge is 2.38. The Morgan fingerprint density at radius 3 is 2.48 bits per heavy atom. The van der Waals surface area contributed by atoms with E-state index in [1.807, 2.05) is 6.92 Å². The first-order chi connectivity index (χ1) is 9.86. The van der Waals surface area contributed by atoms with Crippen molar-refractivity contribution in [3.63, 3.8) is 0 Å². The Labute approximate surface area is 120 Å². The lowest BCUT2D eigenvalue weighted by atomic mass is 10.0. The van der Waals surface area contributed by atoms with Gasteiger partial charge in [0.05, 0.1) is 22.6 Å². The fourth-order valence-electron chi connectivity index (χ4n) is 2.08. The Morgan fingerprint density at radius 2 is 1.90 bits per heavy atom. The molecule has 7 nitrogen and oxygen atoms in total. The van der Waals surface area contributed by atoms with Gasteiger partial charge >= 0.3 is 0 Å². The van der Waals surface area contributed by atoms with Crippen LogP contribution in [0, 0.1) is 16.0 Å². The number of amides is 2. The summed E-state index contributed by atoms with van der Waals surface area (Å²) in [6, 6.07) is 3.49. The van der Waals surface area contributed by atoms with Crippen LogP contribution in [0.15, 0.2) is 18.2 Å². The zero-order chi connectivity index (χ0) is 15.7.